The second-order valence-electron chi connectivity index (χ2n) is 6.31. The summed E-state index contributed by atoms with van der Waals surface area (Å²) in [5.74, 6) is 1.63. The van der Waals surface area contributed by atoms with Gasteiger partial charge in [-0.2, -0.15) is 0 Å². The highest BCUT2D eigenvalue weighted by atomic mass is 16.5. The van der Waals surface area contributed by atoms with Gasteiger partial charge in [-0.1, -0.05) is 25.5 Å². The van der Waals surface area contributed by atoms with E-state index in [1.807, 2.05) is 0 Å². The van der Waals surface area contributed by atoms with Crippen molar-refractivity contribution in [2.24, 2.45) is 0 Å². The predicted molar refractivity (Wildman–Crippen MR) is 83.9 cm³/mol. The van der Waals surface area contributed by atoms with Gasteiger partial charge in [-0.25, -0.2) is 0 Å². The molecule has 0 saturated carbocycles. The van der Waals surface area contributed by atoms with Gasteiger partial charge in [-0.15, -0.1) is 0 Å². The van der Waals surface area contributed by atoms with Crippen LogP contribution in [-0.2, 0) is 11.2 Å². The van der Waals surface area contributed by atoms with Crippen LogP contribution in [0.4, 0.5) is 0 Å². The van der Waals surface area contributed by atoms with E-state index in [-0.39, 0.29) is 0 Å². The van der Waals surface area contributed by atoms with Gasteiger partial charge in [0, 0.05) is 12.6 Å². The number of benzene rings is 1. The first kappa shape index (κ1) is 14.6. The number of aryl methyl sites for hydroxylation is 1. The molecule has 21 heavy (non-hydrogen) atoms. The molecule has 1 fully saturated rings. The third-order valence-corrected chi connectivity index (χ3v) is 4.86. The molecule has 0 aliphatic carbocycles. The number of aldehydes is 1. The summed E-state index contributed by atoms with van der Waals surface area (Å²) in [7, 11) is 0. The summed E-state index contributed by atoms with van der Waals surface area (Å²) in [5, 5.41) is 0. The van der Waals surface area contributed by atoms with E-state index in [0.717, 1.165) is 38.0 Å². The highest BCUT2D eigenvalue weighted by Gasteiger charge is 2.32. The normalized spacial score (nSPS) is 25.4. The van der Waals surface area contributed by atoms with Crippen LogP contribution in [0.3, 0.4) is 0 Å². The number of carbonyl (C=O) groups is 1. The number of hydrogen-bond donors (Lipinski definition) is 0. The number of nitrogens with zero attached hydrogens (tertiary/aromatic N) is 1. The number of ether oxygens (including phenoxy) is 1. The van der Waals surface area contributed by atoms with E-state index in [1.165, 1.54) is 30.4 Å². The van der Waals surface area contributed by atoms with E-state index in [4.69, 9.17) is 4.74 Å². The SMILES string of the molecule is CCCC1CC(c2ccc3c(c2)CCCO3)CN1CC=O. The Labute approximate surface area is 127 Å². The molecule has 3 nitrogen and oxygen atoms in total. The van der Waals surface area contributed by atoms with E-state index in [1.54, 1.807) is 0 Å². The maximum Gasteiger partial charge on any atom is 0.133 e. The maximum absolute atomic E-state index is 10.9. The maximum atomic E-state index is 10.9. The van der Waals surface area contributed by atoms with Crippen molar-refractivity contribution >= 4 is 6.29 Å². The summed E-state index contributed by atoms with van der Waals surface area (Å²) < 4.78 is 5.70. The Morgan fingerprint density at radius 2 is 2.33 bits per heavy atom. The van der Waals surface area contributed by atoms with Gasteiger partial charge in [0.2, 0.25) is 0 Å². The number of rotatable bonds is 5. The van der Waals surface area contributed by atoms with Gasteiger partial charge in [-0.3, -0.25) is 4.90 Å². The number of fused-ring (bicyclic) bond motifs is 1. The van der Waals surface area contributed by atoms with E-state index in [2.05, 4.69) is 30.0 Å². The first-order valence-corrected chi connectivity index (χ1v) is 8.25. The van der Waals surface area contributed by atoms with Gasteiger partial charge in [0.15, 0.2) is 0 Å². The predicted octanol–water partition coefficient (Wildman–Crippen LogP) is 3.17. The fourth-order valence-electron chi connectivity index (χ4n) is 3.81. The lowest BCUT2D eigenvalue weighted by Gasteiger charge is -2.21. The molecule has 2 aliphatic rings. The van der Waals surface area contributed by atoms with E-state index in [0.29, 0.717) is 18.5 Å². The molecule has 1 aromatic rings. The zero-order chi connectivity index (χ0) is 14.7. The van der Waals surface area contributed by atoms with Crippen molar-refractivity contribution in [3.8, 4) is 5.75 Å². The third kappa shape index (κ3) is 3.13. The molecular formula is C18H25NO2. The van der Waals surface area contributed by atoms with Crippen LogP contribution in [0.1, 0.15) is 49.7 Å². The molecule has 2 unspecified atom stereocenters. The molecule has 0 spiro atoms. The molecule has 1 aromatic carbocycles. The molecular weight excluding hydrogens is 262 g/mol. The molecule has 1 saturated heterocycles. The average molecular weight is 287 g/mol. The van der Waals surface area contributed by atoms with Crippen molar-refractivity contribution in [1.29, 1.82) is 0 Å². The molecule has 0 amide bonds. The van der Waals surface area contributed by atoms with Gasteiger partial charge < -0.3 is 9.53 Å². The lowest BCUT2D eigenvalue weighted by molar-refractivity contribution is -0.109. The molecule has 2 atom stereocenters. The molecule has 0 bridgehead atoms. The minimum Gasteiger partial charge on any atom is -0.493 e. The van der Waals surface area contributed by atoms with Crippen molar-refractivity contribution < 1.29 is 9.53 Å². The standard InChI is InChI=1S/C18H25NO2/c1-2-4-17-12-16(13-19(17)8-9-20)14-6-7-18-15(11-14)5-3-10-21-18/h6-7,9,11,16-17H,2-5,8,10,12-13H2,1H3. The Kier molecular flexibility index (Phi) is 4.59. The minimum atomic E-state index is 0.564. The Balaban J connectivity index is 1.76. The van der Waals surface area contributed by atoms with E-state index in [9.17, 15) is 4.79 Å². The quantitative estimate of drug-likeness (QED) is 0.779. The highest BCUT2D eigenvalue weighted by Crippen LogP contribution is 2.36. The molecule has 3 rings (SSSR count). The average Bonchev–Trinajstić information content (AvgIpc) is 2.91. The van der Waals surface area contributed by atoms with Gasteiger partial charge in [0.1, 0.15) is 12.0 Å². The van der Waals surface area contributed by atoms with Crippen LogP contribution in [0.15, 0.2) is 18.2 Å². The summed E-state index contributed by atoms with van der Waals surface area (Å²) in [6.07, 6.45) is 6.86. The molecule has 0 N–H and O–H groups in total. The second-order valence-corrected chi connectivity index (χ2v) is 6.31. The molecule has 0 radical (unpaired) electrons. The largest absolute Gasteiger partial charge is 0.493 e. The Bertz CT molecular complexity index is 500. The van der Waals surface area contributed by atoms with E-state index >= 15 is 0 Å². The van der Waals surface area contributed by atoms with Crippen molar-refractivity contribution in [3.05, 3.63) is 29.3 Å². The van der Waals surface area contributed by atoms with Crippen LogP contribution >= 0.6 is 0 Å². The van der Waals surface area contributed by atoms with Gasteiger partial charge >= 0.3 is 0 Å². The van der Waals surface area contributed by atoms with Gasteiger partial charge in [0.05, 0.1) is 13.2 Å². The number of hydrogen-bond acceptors (Lipinski definition) is 3. The first-order valence-electron chi connectivity index (χ1n) is 8.25. The van der Waals surface area contributed by atoms with Crippen LogP contribution < -0.4 is 4.74 Å². The number of carbonyl (C=O) groups excluding carboxylic acids is 1. The lowest BCUT2D eigenvalue weighted by atomic mass is 9.92. The van der Waals surface area contributed by atoms with Crippen LogP contribution in [0.25, 0.3) is 0 Å². The summed E-state index contributed by atoms with van der Waals surface area (Å²) in [6, 6.07) is 7.27. The smallest absolute Gasteiger partial charge is 0.133 e. The van der Waals surface area contributed by atoms with E-state index < -0.39 is 0 Å². The third-order valence-electron chi connectivity index (χ3n) is 4.86. The van der Waals surface area contributed by atoms with Crippen LogP contribution in [0.2, 0.25) is 0 Å². The van der Waals surface area contributed by atoms with Gasteiger partial charge in [-0.05, 0) is 48.8 Å². The summed E-state index contributed by atoms with van der Waals surface area (Å²) in [5.41, 5.74) is 2.79. The van der Waals surface area contributed by atoms with Crippen LogP contribution in [0.5, 0.6) is 5.75 Å². The van der Waals surface area contributed by atoms with Crippen LogP contribution in [-0.4, -0.2) is 36.9 Å². The highest BCUT2D eigenvalue weighted by molar-refractivity contribution is 5.52. The van der Waals surface area contributed by atoms with Crippen molar-refractivity contribution in [1.82, 2.24) is 4.90 Å². The second kappa shape index (κ2) is 6.61. The summed E-state index contributed by atoms with van der Waals surface area (Å²) in [6.45, 7) is 4.67. The Hall–Kier alpha value is -1.35. The summed E-state index contributed by atoms with van der Waals surface area (Å²) in [4.78, 5) is 13.2. The molecule has 114 valence electrons. The molecule has 2 heterocycles. The molecule has 0 aromatic heterocycles. The van der Waals surface area contributed by atoms with Crippen molar-refractivity contribution in [2.45, 2.75) is 51.0 Å². The first-order chi connectivity index (χ1) is 10.3. The van der Waals surface area contributed by atoms with Crippen molar-refractivity contribution in [3.63, 3.8) is 0 Å². The molecule has 3 heteroatoms. The molecule has 2 aliphatic heterocycles. The lowest BCUT2D eigenvalue weighted by Crippen LogP contribution is -2.31. The summed E-state index contributed by atoms with van der Waals surface area (Å²) >= 11 is 0. The zero-order valence-corrected chi connectivity index (χ0v) is 12.9. The fraction of sp³-hybridized carbons (Fsp3) is 0.611. The topological polar surface area (TPSA) is 29.5 Å². The van der Waals surface area contributed by atoms with Crippen molar-refractivity contribution in [2.75, 3.05) is 19.7 Å². The fourth-order valence-corrected chi connectivity index (χ4v) is 3.81. The monoisotopic (exact) mass is 287 g/mol. The Morgan fingerprint density at radius 3 is 3.14 bits per heavy atom. The Morgan fingerprint density at radius 1 is 1.43 bits per heavy atom. The van der Waals surface area contributed by atoms with Gasteiger partial charge in [0.25, 0.3) is 0 Å². The number of likely N-dealkylation sites (tertiary alicyclic amines) is 1. The van der Waals surface area contributed by atoms with Crippen LogP contribution in [0, 0.1) is 0 Å². The zero-order valence-electron chi connectivity index (χ0n) is 12.9. The minimum absolute atomic E-state index is 0.564.